The Kier molecular flexibility index (Phi) is 3.11. The largest absolute Gasteiger partial charge is 0.397 e. The number of rotatable bonds is 1. The van der Waals surface area contributed by atoms with Gasteiger partial charge in [0.15, 0.2) is 0 Å². The van der Waals surface area contributed by atoms with Crippen LogP contribution in [0.2, 0.25) is 0 Å². The van der Waals surface area contributed by atoms with Crippen molar-refractivity contribution in [3.05, 3.63) is 57.6 Å². The molecule has 0 spiro atoms. The van der Waals surface area contributed by atoms with Crippen LogP contribution in [-0.4, -0.2) is 16.2 Å². The summed E-state index contributed by atoms with van der Waals surface area (Å²) in [5.41, 5.74) is 13.6. The average Bonchev–Trinajstić information content (AvgIpc) is 3.15. The molecular formula is C21H21N3S. The topological polar surface area (TPSA) is 51.3 Å². The summed E-state index contributed by atoms with van der Waals surface area (Å²) in [7, 11) is 0. The van der Waals surface area contributed by atoms with Crippen molar-refractivity contribution in [3.8, 4) is 0 Å². The number of nitrogens with zero attached hydrogens (tertiary/aromatic N) is 2. The maximum Gasteiger partial charge on any atom is 0.126 e. The van der Waals surface area contributed by atoms with E-state index in [0.717, 1.165) is 45.8 Å². The molecule has 0 unspecified atom stereocenters. The molecule has 1 aliphatic carbocycles. The van der Waals surface area contributed by atoms with Gasteiger partial charge in [-0.2, -0.15) is 0 Å². The molecule has 2 aliphatic rings. The van der Waals surface area contributed by atoms with Gasteiger partial charge in [0.25, 0.3) is 0 Å². The summed E-state index contributed by atoms with van der Waals surface area (Å²) >= 11 is 1.69. The Morgan fingerprint density at radius 3 is 2.84 bits per heavy atom. The highest BCUT2D eigenvalue weighted by molar-refractivity contribution is 7.21. The second-order valence-corrected chi connectivity index (χ2v) is 8.75. The van der Waals surface area contributed by atoms with Gasteiger partial charge in [-0.1, -0.05) is 24.3 Å². The molecule has 3 nitrogen and oxygen atoms in total. The fourth-order valence-electron chi connectivity index (χ4n) is 4.12. The standard InChI is InChI=1S/C21H21N3S/c1-21(2)11-13-6-3-4-8-14(13)18(24-21)19-17(22)15-10-12-7-5-9-16(12)23-20(15)25-19/h3-4,6,8,10H,5,7,9,11,22H2,1-2H3. The third kappa shape index (κ3) is 2.31. The number of aliphatic imine (C=N–C) groups is 1. The molecule has 0 saturated carbocycles. The molecule has 1 aliphatic heterocycles. The molecule has 0 atom stereocenters. The molecule has 0 bridgehead atoms. The van der Waals surface area contributed by atoms with Crippen LogP contribution >= 0.6 is 11.3 Å². The highest BCUT2D eigenvalue weighted by atomic mass is 32.1. The average molecular weight is 347 g/mol. The van der Waals surface area contributed by atoms with Gasteiger partial charge in [-0.05, 0) is 56.7 Å². The number of aryl methyl sites for hydroxylation is 2. The first kappa shape index (κ1) is 15.1. The van der Waals surface area contributed by atoms with Crippen LogP contribution in [0.5, 0.6) is 0 Å². The van der Waals surface area contributed by atoms with Gasteiger partial charge in [-0.25, -0.2) is 4.98 Å². The van der Waals surface area contributed by atoms with Crippen LogP contribution in [0.1, 0.15) is 47.5 Å². The Morgan fingerprint density at radius 1 is 1.12 bits per heavy atom. The number of nitrogens with two attached hydrogens (primary N) is 1. The number of hydrogen-bond donors (Lipinski definition) is 1. The van der Waals surface area contributed by atoms with Gasteiger partial charge in [-0.3, -0.25) is 4.99 Å². The fraction of sp³-hybridized carbons (Fsp3) is 0.333. The molecule has 4 heteroatoms. The zero-order chi connectivity index (χ0) is 17.2. The Bertz CT molecular complexity index is 1040. The number of benzene rings is 1. The van der Waals surface area contributed by atoms with Crippen molar-refractivity contribution >= 4 is 33.0 Å². The quantitative estimate of drug-likeness (QED) is 0.702. The Hall–Kier alpha value is -2.20. The van der Waals surface area contributed by atoms with E-state index >= 15 is 0 Å². The van der Waals surface area contributed by atoms with Crippen molar-refractivity contribution in [2.75, 3.05) is 5.73 Å². The zero-order valence-electron chi connectivity index (χ0n) is 14.6. The van der Waals surface area contributed by atoms with Gasteiger partial charge in [0.2, 0.25) is 0 Å². The molecular weight excluding hydrogens is 326 g/mol. The number of nitrogen functional groups attached to an aromatic ring is 1. The molecule has 0 radical (unpaired) electrons. The summed E-state index contributed by atoms with van der Waals surface area (Å²) in [6.45, 7) is 4.39. The van der Waals surface area contributed by atoms with Crippen LogP contribution in [0, 0.1) is 0 Å². The minimum atomic E-state index is -0.110. The summed E-state index contributed by atoms with van der Waals surface area (Å²) in [4.78, 5) is 12.1. The fourth-order valence-corrected chi connectivity index (χ4v) is 5.22. The van der Waals surface area contributed by atoms with E-state index in [4.69, 9.17) is 15.7 Å². The van der Waals surface area contributed by atoms with E-state index in [-0.39, 0.29) is 5.54 Å². The van der Waals surface area contributed by atoms with Gasteiger partial charge in [0.1, 0.15) is 4.83 Å². The van der Waals surface area contributed by atoms with Crippen molar-refractivity contribution in [2.45, 2.75) is 45.1 Å². The highest BCUT2D eigenvalue weighted by Crippen LogP contribution is 2.39. The summed E-state index contributed by atoms with van der Waals surface area (Å²) in [6.07, 6.45) is 4.39. The minimum Gasteiger partial charge on any atom is -0.397 e. The van der Waals surface area contributed by atoms with E-state index in [2.05, 4.69) is 44.2 Å². The molecule has 2 aromatic heterocycles. The van der Waals surface area contributed by atoms with Crippen LogP contribution < -0.4 is 5.73 Å². The lowest BCUT2D eigenvalue weighted by atomic mass is 9.86. The number of hydrogen-bond acceptors (Lipinski definition) is 4. The molecule has 0 amide bonds. The normalized spacial score (nSPS) is 18.1. The van der Waals surface area contributed by atoms with E-state index < -0.39 is 0 Å². The number of anilines is 1. The molecule has 1 aromatic carbocycles. The molecule has 5 rings (SSSR count). The lowest BCUT2D eigenvalue weighted by molar-refractivity contribution is 0.514. The first-order chi connectivity index (χ1) is 12.0. The number of aromatic nitrogens is 1. The Labute approximate surface area is 151 Å². The molecule has 3 aromatic rings. The maximum atomic E-state index is 6.60. The first-order valence-electron chi connectivity index (χ1n) is 8.91. The SMILES string of the molecule is CC1(C)Cc2ccccc2C(c2sc3nc4c(cc3c2N)CCC4)=N1. The zero-order valence-corrected chi connectivity index (χ0v) is 15.4. The smallest absolute Gasteiger partial charge is 0.126 e. The molecule has 2 N–H and O–H groups in total. The van der Waals surface area contributed by atoms with Crippen LogP contribution in [0.15, 0.2) is 35.3 Å². The van der Waals surface area contributed by atoms with E-state index in [9.17, 15) is 0 Å². The van der Waals surface area contributed by atoms with Crippen LogP contribution in [0.4, 0.5) is 5.69 Å². The maximum absolute atomic E-state index is 6.60. The van der Waals surface area contributed by atoms with Gasteiger partial charge in [0, 0.05) is 16.6 Å². The van der Waals surface area contributed by atoms with Crippen molar-refractivity contribution in [1.82, 2.24) is 4.98 Å². The third-order valence-corrected chi connectivity index (χ3v) is 6.40. The van der Waals surface area contributed by atoms with Gasteiger partial charge in [-0.15, -0.1) is 11.3 Å². The second kappa shape index (κ2) is 5.15. The molecule has 3 heterocycles. The number of pyridine rings is 1. The predicted octanol–water partition coefficient (Wildman–Crippen LogP) is 4.54. The van der Waals surface area contributed by atoms with Crippen LogP contribution in [-0.2, 0) is 19.3 Å². The number of thiophene rings is 1. The van der Waals surface area contributed by atoms with Crippen molar-refractivity contribution in [1.29, 1.82) is 0 Å². The Morgan fingerprint density at radius 2 is 1.96 bits per heavy atom. The lowest BCUT2D eigenvalue weighted by Gasteiger charge is -2.28. The predicted molar refractivity (Wildman–Crippen MR) is 106 cm³/mol. The van der Waals surface area contributed by atoms with Crippen LogP contribution in [0.25, 0.3) is 10.2 Å². The van der Waals surface area contributed by atoms with Gasteiger partial charge >= 0.3 is 0 Å². The van der Waals surface area contributed by atoms with Crippen molar-refractivity contribution in [3.63, 3.8) is 0 Å². The minimum absolute atomic E-state index is 0.110. The summed E-state index contributed by atoms with van der Waals surface area (Å²) in [5, 5.41) is 1.10. The molecule has 0 fully saturated rings. The van der Waals surface area contributed by atoms with Crippen molar-refractivity contribution in [2.24, 2.45) is 4.99 Å². The van der Waals surface area contributed by atoms with Crippen LogP contribution in [0.3, 0.4) is 0 Å². The lowest BCUT2D eigenvalue weighted by Crippen LogP contribution is -2.29. The van der Waals surface area contributed by atoms with E-state index in [1.807, 2.05) is 0 Å². The van der Waals surface area contributed by atoms with E-state index in [1.54, 1.807) is 11.3 Å². The molecule has 126 valence electrons. The monoisotopic (exact) mass is 347 g/mol. The Balaban J connectivity index is 1.75. The van der Waals surface area contributed by atoms with Gasteiger partial charge < -0.3 is 5.73 Å². The van der Waals surface area contributed by atoms with Gasteiger partial charge in [0.05, 0.1) is 21.8 Å². The van der Waals surface area contributed by atoms with Crippen molar-refractivity contribution < 1.29 is 0 Å². The third-order valence-electron chi connectivity index (χ3n) is 5.27. The summed E-state index contributed by atoms with van der Waals surface area (Å²) < 4.78 is 0. The molecule has 25 heavy (non-hydrogen) atoms. The summed E-state index contributed by atoms with van der Waals surface area (Å²) in [6, 6.07) is 10.8. The molecule has 0 saturated heterocycles. The van der Waals surface area contributed by atoms with E-state index in [0.29, 0.717) is 0 Å². The summed E-state index contributed by atoms with van der Waals surface area (Å²) in [5.74, 6) is 0. The second-order valence-electron chi connectivity index (χ2n) is 7.75. The number of fused-ring (bicyclic) bond motifs is 3. The highest BCUT2D eigenvalue weighted by Gasteiger charge is 2.29. The first-order valence-corrected chi connectivity index (χ1v) is 9.73. The van der Waals surface area contributed by atoms with E-state index in [1.165, 1.54) is 28.8 Å².